The van der Waals surface area contributed by atoms with E-state index in [2.05, 4.69) is 20.6 Å². The third-order valence-corrected chi connectivity index (χ3v) is 5.85. The Bertz CT molecular complexity index is 1620. The Labute approximate surface area is 209 Å². The third-order valence-electron chi connectivity index (χ3n) is 5.11. The molecule has 0 fully saturated rings. The maximum Gasteiger partial charge on any atom is 0.331 e. The largest absolute Gasteiger partial charge is 0.331 e. The van der Waals surface area contributed by atoms with Crippen LogP contribution < -0.4 is 11.2 Å². The van der Waals surface area contributed by atoms with E-state index in [0.717, 1.165) is 4.57 Å². The van der Waals surface area contributed by atoms with E-state index < -0.39 is 11.2 Å². The monoisotopic (exact) mass is 588 g/mol. The summed E-state index contributed by atoms with van der Waals surface area (Å²) in [4.78, 5) is 25.8. The van der Waals surface area contributed by atoms with Gasteiger partial charge in [0.05, 0.1) is 40.4 Å². The Morgan fingerprint density at radius 3 is 1.71 bits per heavy atom. The lowest BCUT2D eigenvalue weighted by Gasteiger charge is -2.09. The Morgan fingerprint density at radius 1 is 0.714 bits per heavy atom. The lowest BCUT2D eigenvalue weighted by Crippen LogP contribution is -2.41. The minimum atomic E-state index is -0.553. The van der Waals surface area contributed by atoms with E-state index in [0.29, 0.717) is 26.3 Å². The van der Waals surface area contributed by atoms with Crippen LogP contribution in [0.3, 0.4) is 0 Å². The summed E-state index contributed by atoms with van der Waals surface area (Å²) in [6.45, 7) is -0.0312. The second kappa shape index (κ2) is 9.32. The van der Waals surface area contributed by atoms with E-state index in [9.17, 15) is 18.4 Å². The zero-order valence-electron chi connectivity index (χ0n) is 17.8. The molecule has 35 heavy (non-hydrogen) atoms. The van der Waals surface area contributed by atoms with Crippen molar-refractivity contribution < 1.29 is 8.78 Å². The van der Waals surface area contributed by atoms with E-state index in [1.807, 2.05) is 22.6 Å². The summed E-state index contributed by atoms with van der Waals surface area (Å²) in [6, 6.07) is 11.4. The van der Waals surface area contributed by atoms with E-state index in [1.54, 1.807) is 24.5 Å². The molecule has 0 bridgehead atoms. The molecule has 0 aliphatic rings. The third kappa shape index (κ3) is 4.80. The van der Waals surface area contributed by atoms with Crippen molar-refractivity contribution in [2.45, 2.75) is 13.1 Å². The Balaban J connectivity index is 1.41. The molecule has 0 amide bonds. The van der Waals surface area contributed by atoms with Crippen LogP contribution in [0.25, 0.3) is 11.4 Å². The van der Waals surface area contributed by atoms with Crippen molar-refractivity contribution in [3.63, 3.8) is 0 Å². The predicted octanol–water partition coefficient (Wildman–Crippen LogP) is 2.15. The van der Waals surface area contributed by atoms with Gasteiger partial charge in [-0.3, -0.25) is 13.9 Å². The predicted molar refractivity (Wildman–Crippen MR) is 129 cm³/mol. The van der Waals surface area contributed by atoms with E-state index in [-0.39, 0.29) is 24.7 Å². The number of benzene rings is 2. The molecule has 13 heteroatoms. The first-order chi connectivity index (χ1) is 16.9. The van der Waals surface area contributed by atoms with Gasteiger partial charge < -0.3 is 0 Å². The van der Waals surface area contributed by atoms with Crippen molar-refractivity contribution in [2.75, 3.05) is 0 Å². The van der Waals surface area contributed by atoms with Gasteiger partial charge in [-0.05, 0) is 71.1 Å². The van der Waals surface area contributed by atoms with E-state index in [4.69, 9.17) is 0 Å². The van der Waals surface area contributed by atoms with Gasteiger partial charge in [-0.1, -0.05) is 10.4 Å². The van der Waals surface area contributed by atoms with Gasteiger partial charge in [0, 0.05) is 6.20 Å². The molecule has 176 valence electrons. The number of rotatable bonds is 6. The highest BCUT2D eigenvalue weighted by Gasteiger charge is 2.14. The maximum atomic E-state index is 13.2. The summed E-state index contributed by atoms with van der Waals surface area (Å²) in [5, 5.41) is 16.1. The standard InChI is InChI=1S/C22H15F2IN8O2/c23-14-1-5-18(6-2-14)32-11-16(26-28-32)9-30-13-20(25)21(34)31(22(30)35)10-17-12-33(29-27-17)19-7-3-15(24)4-8-19/h1-8,11-13H,9-10H2. The quantitative estimate of drug-likeness (QED) is 0.282. The molecule has 0 spiro atoms. The first-order valence-electron chi connectivity index (χ1n) is 10.2. The second-order valence-electron chi connectivity index (χ2n) is 7.54. The van der Waals surface area contributed by atoms with E-state index >= 15 is 0 Å². The maximum absolute atomic E-state index is 13.2. The molecule has 3 aromatic heterocycles. The summed E-state index contributed by atoms with van der Waals surface area (Å²) in [7, 11) is 0. The minimum absolute atomic E-state index is 0.0680. The topological polar surface area (TPSA) is 105 Å². The molecule has 0 aliphatic carbocycles. The van der Waals surface area contributed by atoms with Crippen LogP contribution in [0, 0.1) is 15.2 Å². The van der Waals surface area contributed by atoms with Crippen LogP contribution in [0.4, 0.5) is 8.78 Å². The summed E-state index contributed by atoms with van der Waals surface area (Å²) < 4.78 is 32.0. The van der Waals surface area contributed by atoms with Crippen LogP contribution in [0.1, 0.15) is 11.4 Å². The van der Waals surface area contributed by atoms with Crippen LogP contribution in [0.2, 0.25) is 0 Å². The van der Waals surface area contributed by atoms with Crippen LogP contribution in [-0.2, 0) is 13.1 Å². The average molecular weight is 588 g/mol. The number of halogens is 3. The molecule has 2 aromatic carbocycles. The van der Waals surface area contributed by atoms with Crippen molar-refractivity contribution in [3.8, 4) is 11.4 Å². The fraction of sp³-hybridized carbons (Fsp3) is 0.0909. The zero-order chi connectivity index (χ0) is 24.5. The molecule has 0 atom stereocenters. The van der Waals surface area contributed by atoms with Gasteiger partial charge in [0.2, 0.25) is 0 Å². The van der Waals surface area contributed by atoms with Gasteiger partial charge >= 0.3 is 5.69 Å². The molecule has 5 aromatic rings. The van der Waals surface area contributed by atoms with Crippen LogP contribution in [-0.4, -0.2) is 39.1 Å². The average Bonchev–Trinajstić information content (AvgIpc) is 3.51. The fourth-order valence-electron chi connectivity index (χ4n) is 3.39. The number of hydrogen-bond donors (Lipinski definition) is 0. The highest BCUT2D eigenvalue weighted by Crippen LogP contribution is 2.10. The number of nitrogens with zero attached hydrogens (tertiary/aromatic N) is 8. The lowest BCUT2D eigenvalue weighted by molar-refractivity contribution is 0.594. The van der Waals surface area contributed by atoms with Crippen molar-refractivity contribution in [2.24, 2.45) is 0 Å². The summed E-state index contributed by atoms with van der Waals surface area (Å²) in [6.07, 6.45) is 4.64. The molecule has 0 radical (unpaired) electrons. The number of aromatic nitrogens is 8. The van der Waals surface area contributed by atoms with Crippen molar-refractivity contribution in [3.05, 3.63) is 115 Å². The van der Waals surface area contributed by atoms with Crippen molar-refractivity contribution in [1.29, 1.82) is 0 Å². The summed E-state index contributed by atoms with van der Waals surface area (Å²) in [5.74, 6) is -0.743. The Hall–Kier alpha value is -4.01. The molecule has 3 heterocycles. The van der Waals surface area contributed by atoms with Gasteiger partial charge in [0.15, 0.2) is 0 Å². The lowest BCUT2D eigenvalue weighted by atomic mass is 10.3. The smallest absolute Gasteiger partial charge is 0.293 e. The second-order valence-corrected chi connectivity index (χ2v) is 8.70. The van der Waals surface area contributed by atoms with E-state index in [1.165, 1.54) is 56.5 Å². The van der Waals surface area contributed by atoms with Gasteiger partial charge in [0.1, 0.15) is 23.0 Å². The van der Waals surface area contributed by atoms with Gasteiger partial charge in [-0.25, -0.2) is 22.9 Å². The Morgan fingerprint density at radius 2 is 1.20 bits per heavy atom. The SMILES string of the molecule is O=c1c(I)cn(Cc2cn(-c3ccc(F)cc3)nn2)c(=O)n1Cc1cn(-c2ccc(F)cc2)nn1. The first kappa shape index (κ1) is 22.8. The van der Waals surface area contributed by atoms with Crippen LogP contribution >= 0.6 is 22.6 Å². The summed E-state index contributed by atoms with van der Waals surface area (Å²) in [5.41, 5.74) is 1.04. The highest BCUT2D eigenvalue weighted by atomic mass is 127. The molecule has 0 unspecified atom stereocenters. The highest BCUT2D eigenvalue weighted by molar-refractivity contribution is 14.1. The van der Waals surface area contributed by atoms with Crippen LogP contribution in [0.5, 0.6) is 0 Å². The molecular weight excluding hydrogens is 573 g/mol. The molecule has 0 saturated heterocycles. The van der Waals surface area contributed by atoms with Crippen molar-refractivity contribution >= 4 is 22.6 Å². The van der Waals surface area contributed by atoms with Gasteiger partial charge in [0.25, 0.3) is 5.56 Å². The number of hydrogen-bond acceptors (Lipinski definition) is 6. The first-order valence-corrected chi connectivity index (χ1v) is 11.3. The fourth-order valence-corrected chi connectivity index (χ4v) is 4.02. The molecule has 0 aliphatic heterocycles. The van der Waals surface area contributed by atoms with Crippen molar-refractivity contribution in [1.82, 2.24) is 39.1 Å². The molecule has 10 nitrogen and oxygen atoms in total. The summed E-state index contributed by atoms with van der Waals surface area (Å²) >= 11 is 1.87. The van der Waals surface area contributed by atoms with Gasteiger partial charge in [-0.2, -0.15) is 0 Å². The molecule has 0 N–H and O–H groups in total. The molecule has 5 rings (SSSR count). The minimum Gasteiger partial charge on any atom is -0.293 e. The Kier molecular flexibility index (Phi) is 6.07. The molecule has 0 saturated carbocycles. The normalized spacial score (nSPS) is 11.2. The van der Waals surface area contributed by atoms with Crippen LogP contribution in [0.15, 0.2) is 76.7 Å². The van der Waals surface area contributed by atoms with Gasteiger partial charge in [-0.15, -0.1) is 10.2 Å². The molecular formula is C22H15F2IN8O2. The zero-order valence-corrected chi connectivity index (χ0v) is 20.0.